The smallest absolute Gasteiger partial charge is 0.191 e. The molecule has 0 radical (unpaired) electrons. The number of anilines is 1. The molecule has 1 aliphatic rings. The first kappa shape index (κ1) is 22.2. The van der Waals surface area contributed by atoms with Gasteiger partial charge in [-0.15, -0.1) is 11.3 Å². The first-order valence-corrected chi connectivity index (χ1v) is 11.6. The van der Waals surface area contributed by atoms with Gasteiger partial charge in [0.2, 0.25) is 0 Å². The summed E-state index contributed by atoms with van der Waals surface area (Å²) in [7, 11) is 1.65. The number of nitrogens with zero attached hydrogens (tertiary/aromatic N) is 3. The van der Waals surface area contributed by atoms with Gasteiger partial charge in [-0.3, -0.25) is 0 Å². The standard InChI is InChI=1S/C22H33N5O2S/c1-4-23-21(25-15-17(2)29-20-10-6-5-9-19(20)28-3)24-12-11-18-16-30-22(26-18)27-13-7-8-14-27/h5-6,9-10,16-17H,4,7-8,11-15H2,1-3H3,(H2,23,24,25). The van der Waals surface area contributed by atoms with Gasteiger partial charge in [-0.25, -0.2) is 9.98 Å². The lowest BCUT2D eigenvalue weighted by molar-refractivity contribution is 0.219. The lowest BCUT2D eigenvalue weighted by atomic mass is 10.3. The van der Waals surface area contributed by atoms with Gasteiger partial charge in [-0.2, -0.15) is 0 Å². The van der Waals surface area contributed by atoms with E-state index in [0.717, 1.165) is 60.9 Å². The van der Waals surface area contributed by atoms with Gasteiger partial charge in [0.25, 0.3) is 0 Å². The number of methoxy groups -OCH3 is 1. The molecule has 0 aliphatic carbocycles. The second-order valence-corrected chi connectivity index (χ2v) is 8.13. The predicted molar refractivity (Wildman–Crippen MR) is 124 cm³/mol. The molecule has 1 aromatic heterocycles. The fraction of sp³-hybridized carbons (Fsp3) is 0.545. The minimum absolute atomic E-state index is 0.0710. The van der Waals surface area contributed by atoms with Gasteiger partial charge in [-0.05, 0) is 38.8 Å². The zero-order valence-corrected chi connectivity index (χ0v) is 19.0. The lowest BCUT2D eigenvalue weighted by Gasteiger charge is -2.16. The highest BCUT2D eigenvalue weighted by Gasteiger charge is 2.15. The van der Waals surface area contributed by atoms with Crippen molar-refractivity contribution in [2.24, 2.45) is 4.99 Å². The average Bonchev–Trinajstić information content (AvgIpc) is 3.44. The van der Waals surface area contributed by atoms with Crippen molar-refractivity contribution in [3.63, 3.8) is 0 Å². The SMILES string of the molecule is CCNC(=NCC(C)Oc1ccccc1OC)NCCc1csc(N2CCCC2)n1. The van der Waals surface area contributed by atoms with Crippen LogP contribution in [0.5, 0.6) is 11.5 Å². The van der Waals surface area contributed by atoms with Crippen molar-refractivity contribution in [1.82, 2.24) is 15.6 Å². The highest BCUT2D eigenvalue weighted by molar-refractivity contribution is 7.13. The molecular formula is C22H33N5O2S. The van der Waals surface area contributed by atoms with Crippen LogP contribution in [-0.4, -0.2) is 56.9 Å². The third-order valence-electron chi connectivity index (χ3n) is 4.84. The van der Waals surface area contributed by atoms with E-state index in [2.05, 4.69) is 32.8 Å². The van der Waals surface area contributed by atoms with Gasteiger partial charge < -0.3 is 25.0 Å². The van der Waals surface area contributed by atoms with Gasteiger partial charge in [0.15, 0.2) is 22.6 Å². The molecule has 2 heterocycles. The lowest BCUT2D eigenvalue weighted by Crippen LogP contribution is -2.39. The summed E-state index contributed by atoms with van der Waals surface area (Å²) in [5, 5.41) is 10.0. The van der Waals surface area contributed by atoms with Crippen molar-refractivity contribution in [3.05, 3.63) is 35.3 Å². The molecule has 8 heteroatoms. The van der Waals surface area contributed by atoms with Crippen LogP contribution >= 0.6 is 11.3 Å². The average molecular weight is 432 g/mol. The summed E-state index contributed by atoms with van der Waals surface area (Å²) < 4.78 is 11.3. The Morgan fingerprint density at radius 3 is 2.73 bits per heavy atom. The number of para-hydroxylation sites is 2. The highest BCUT2D eigenvalue weighted by Crippen LogP contribution is 2.27. The van der Waals surface area contributed by atoms with E-state index >= 15 is 0 Å². The molecule has 1 atom stereocenters. The quantitative estimate of drug-likeness (QED) is 0.444. The molecule has 1 aliphatic heterocycles. The summed E-state index contributed by atoms with van der Waals surface area (Å²) in [6.45, 7) is 8.49. The minimum atomic E-state index is -0.0710. The number of hydrogen-bond acceptors (Lipinski definition) is 6. The molecule has 0 bridgehead atoms. The zero-order valence-electron chi connectivity index (χ0n) is 18.2. The maximum absolute atomic E-state index is 5.99. The van der Waals surface area contributed by atoms with Crippen LogP contribution in [0.2, 0.25) is 0 Å². The number of thiazole rings is 1. The molecule has 0 spiro atoms. The van der Waals surface area contributed by atoms with Crippen LogP contribution in [0, 0.1) is 0 Å². The van der Waals surface area contributed by atoms with Gasteiger partial charge in [0.1, 0.15) is 6.10 Å². The molecule has 3 rings (SSSR count). The van der Waals surface area contributed by atoms with E-state index in [1.165, 1.54) is 12.8 Å². The van der Waals surface area contributed by atoms with Crippen molar-refractivity contribution in [2.75, 3.05) is 44.7 Å². The van der Waals surface area contributed by atoms with Gasteiger partial charge in [-0.1, -0.05) is 12.1 Å². The maximum Gasteiger partial charge on any atom is 0.191 e. The predicted octanol–water partition coefficient (Wildman–Crippen LogP) is 3.32. The van der Waals surface area contributed by atoms with Crippen molar-refractivity contribution in [2.45, 2.75) is 39.2 Å². The largest absolute Gasteiger partial charge is 0.493 e. The third-order valence-corrected chi connectivity index (χ3v) is 5.79. The van der Waals surface area contributed by atoms with Crippen LogP contribution in [0.3, 0.4) is 0 Å². The summed E-state index contributed by atoms with van der Waals surface area (Å²) in [5.74, 6) is 2.26. The van der Waals surface area contributed by atoms with E-state index in [4.69, 9.17) is 14.5 Å². The van der Waals surface area contributed by atoms with E-state index in [1.54, 1.807) is 18.4 Å². The minimum Gasteiger partial charge on any atom is -0.493 e. The van der Waals surface area contributed by atoms with Crippen LogP contribution < -0.4 is 25.0 Å². The monoisotopic (exact) mass is 431 g/mol. The molecule has 1 saturated heterocycles. The molecule has 164 valence electrons. The first-order chi connectivity index (χ1) is 14.7. The van der Waals surface area contributed by atoms with Crippen molar-refractivity contribution in [1.29, 1.82) is 0 Å². The number of rotatable bonds is 10. The molecule has 0 saturated carbocycles. The van der Waals surface area contributed by atoms with E-state index < -0.39 is 0 Å². The molecule has 2 aromatic rings. The van der Waals surface area contributed by atoms with Crippen LogP contribution in [0.1, 0.15) is 32.4 Å². The second-order valence-electron chi connectivity index (χ2n) is 7.29. The maximum atomic E-state index is 5.99. The van der Waals surface area contributed by atoms with E-state index in [-0.39, 0.29) is 6.10 Å². The van der Waals surface area contributed by atoms with Crippen LogP contribution in [0.25, 0.3) is 0 Å². The molecule has 7 nitrogen and oxygen atoms in total. The van der Waals surface area contributed by atoms with Gasteiger partial charge >= 0.3 is 0 Å². The van der Waals surface area contributed by atoms with Crippen molar-refractivity contribution >= 4 is 22.4 Å². The van der Waals surface area contributed by atoms with Crippen LogP contribution in [0.4, 0.5) is 5.13 Å². The Labute approximate surface area is 183 Å². The molecule has 1 unspecified atom stereocenters. The molecule has 30 heavy (non-hydrogen) atoms. The van der Waals surface area contributed by atoms with Crippen LogP contribution in [-0.2, 0) is 6.42 Å². The number of hydrogen-bond donors (Lipinski definition) is 2. The molecule has 1 fully saturated rings. The zero-order chi connectivity index (χ0) is 21.2. The number of aliphatic imine (C=N–C) groups is 1. The third kappa shape index (κ3) is 6.52. The Balaban J connectivity index is 1.46. The number of ether oxygens (including phenoxy) is 2. The Morgan fingerprint density at radius 1 is 1.23 bits per heavy atom. The topological polar surface area (TPSA) is 71.0 Å². The first-order valence-electron chi connectivity index (χ1n) is 10.7. The fourth-order valence-corrected chi connectivity index (χ4v) is 4.22. The van der Waals surface area contributed by atoms with E-state index in [1.807, 2.05) is 31.2 Å². The Kier molecular flexibility index (Phi) is 8.62. The number of benzene rings is 1. The van der Waals surface area contributed by atoms with Crippen molar-refractivity contribution in [3.8, 4) is 11.5 Å². The Morgan fingerprint density at radius 2 is 2.00 bits per heavy atom. The summed E-state index contributed by atoms with van der Waals surface area (Å²) in [4.78, 5) is 11.8. The summed E-state index contributed by atoms with van der Waals surface area (Å²) in [6, 6.07) is 7.67. The van der Waals surface area contributed by atoms with Gasteiger partial charge in [0.05, 0.1) is 19.3 Å². The molecule has 0 amide bonds. The highest BCUT2D eigenvalue weighted by atomic mass is 32.1. The van der Waals surface area contributed by atoms with Gasteiger partial charge in [0, 0.05) is 38.0 Å². The number of nitrogens with one attached hydrogen (secondary N) is 2. The molecule has 2 N–H and O–H groups in total. The summed E-state index contributed by atoms with van der Waals surface area (Å²) >= 11 is 1.75. The van der Waals surface area contributed by atoms with E-state index in [9.17, 15) is 0 Å². The van der Waals surface area contributed by atoms with Crippen LogP contribution in [0.15, 0.2) is 34.6 Å². The fourth-order valence-electron chi connectivity index (χ4n) is 3.31. The van der Waals surface area contributed by atoms with E-state index in [0.29, 0.717) is 6.54 Å². The number of aromatic nitrogens is 1. The Bertz CT molecular complexity index is 804. The number of guanidine groups is 1. The molecule has 1 aromatic carbocycles. The Hall–Kier alpha value is -2.48. The molecular weight excluding hydrogens is 398 g/mol. The normalized spacial score (nSPS) is 15.2. The summed E-state index contributed by atoms with van der Waals surface area (Å²) in [5.41, 5.74) is 1.14. The summed E-state index contributed by atoms with van der Waals surface area (Å²) in [6.07, 6.45) is 3.36. The van der Waals surface area contributed by atoms with Crippen molar-refractivity contribution < 1.29 is 9.47 Å². The second kappa shape index (κ2) is 11.6.